The molecule has 2 N–H and O–H groups in total. The number of halogens is 4. The number of benzene rings is 2. The van der Waals surface area contributed by atoms with Gasteiger partial charge in [0, 0.05) is 16.1 Å². The van der Waals surface area contributed by atoms with Crippen molar-refractivity contribution in [3.8, 4) is 0 Å². The fourth-order valence-corrected chi connectivity index (χ4v) is 2.46. The number of hydrogen-bond acceptors (Lipinski definition) is 1. The molecule has 0 amide bonds. The summed E-state index contributed by atoms with van der Waals surface area (Å²) in [5.41, 5.74) is 6.20. The Morgan fingerprint density at radius 2 is 1.68 bits per heavy atom. The van der Waals surface area contributed by atoms with Crippen LogP contribution in [0.1, 0.15) is 17.2 Å². The lowest BCUT2D eigenvalue weighted by Gasteiger charge is -2.14. The van der Waals surface area contributed by atoms with Gasteiger partial charge in [0.1, 0.15) is 17.5 Å². The molecule has 1 nitrogen and oxygen atoms in total. The van der Waals surface area contributed by atoms with Gasteiger partial charge in [0.05, 0.1) is 0 Å². The van der Waals surface area contributed by atoms with Gasteiger partial charge in [-0.25, -0.2) is 13.2 Å². The first kappa shape index (κ1) is 14.1. The van der Waals surface area contributed by atoms with E-state index in [1.807, 2.05) is 0 Å². The first-order valence-corrected chi connectivity index (χ1v) is 6.41. The summed E-state index contributed by atoms with van der Waals surface area (Å²) < 4.78 is 40.9. The van der Waals surface area contributed by atoms with Gasteiger partial charge in [0.25, 0.3) is 0 Å². The summed E-state index contributed by atoms with van der Waals surface area (Å²) in [6.45, 7) is 0. The van der Waals surface area contributed by atoms with E-state index in [4.69, 9.17) is 5.73 Å². The molecular weight excluding hydrogens is 319 g/mol. The lowest BCUT2D eigenvalue weighted by atomic mass is 9.99. The number of rotatable bonds is 3. The molecule has 0 heterocycles. The van der Waals surface area contributed by atoms with Crippen molar-refractivity contribution in [2.75, 3.05) is 0 Å². The van der Waals surface area contributed by atoms with Crippen LogP contribution in [0.2, 0.25) is 0 Å². The Bertz CT molecular complexity index is 561. The highest BCUT2D eigenvalue weighted by atomic mass is 79.9. The Kier molecular flexibility index (Phi) is 4.27. The largest absolute Gasteiger partial charge is 0.323 e. The third-order valence-electron chi connectivity index (χ3n) is 2.75. The quantitative estimate of drug-likeness (QED) is 0.901. The smallest absolute Gasteiger partial charge is 0.130 e. The summed E-state index contributed by atoms with van der Waals surface area (Å²) >= 11 is 3.16. The molecule has 0 bridgehead atoms. The summed E-state index contributed by atoms with van der Waals surface area (Å²) in [7, 11) is 0. The lowest BCUT2D eigenvalue weighted by molar-refractivity contribution is 0.524. The predicted octanol–water partition coefficient (Wildman–Crippen LogP) is 4.11. The van der Waals surface area contributed by atoms with Crippen molar-refractivity contribution in [3.63, 3.8) is 0 Å². The first-order chi connectivity index (χ1) is 8.97. The van der Waals surface area contributed by atoms with E-state index in [0.717, 1.165) is 12.1 Å². The molecule has 0 aromatic heterocycles. The summed E-state index contributed by atoms with van der Waals surface area (Å²) in [5, 5.41) is 0. The van der Waals surface area contributed by atoms with E-state index in [1.165, 1.54) is 18.2 Å². The minimum absolute atomic E-state index is 0.147. The van der Waals surface area contributed by atoms with E-state index in [-0.39, 0.29) is 12.0 Å². The Morgan fingerprint density at radius 3 is 2.26 bits per heavy atom. The highest BCUT2D eigenvalue weighted by Gasteiger charge is 2.17. The normalized spacial score (nSPS) is 12.5. The molecule has 19 heavy (non-hydrogen) atoms. The standard InChI is InChI=1S/C14H11BrF3N/c15-9-4-8(5-10(16)7-9)6-13(19)14-11(17)2-1-3-12(14)18/h1-5,7,13H,6,19H2. The Morgan fingerprint density at radius 1 is 1.05 bits per heavy atom. The maximum absolute atomic E-state index is 13.6. The predicted molar refractivity (Wildman–Crippen MR) is 71.1 cm³/mol. The zero-order valence-corrected chi connectivity index (χ0v) is 11.4. The van der Waals surface area contributed by atoms with Gasteiger partial charge in [-0.3, -0.25) is 0 Å². The van der Waals surface area contributed by atoms with Crippen molar-refractivity contribution in [3.05, 3.63) is 69.4 Å². The molecule has 0 spiro atoms. The van der Waals surface area contributed by atoms with E-state index in [0.29, 0.717) is 10.0 Å². The molecule has 1 atom stereocenters. The van der Waals surface area contributed by atoms with Gasteiger partial charge < -0.3 is 5.73 Å². The molecule has 5 heteroatoms. The van der Waals surface area contributed by atoms with Gasteiger partial charge >= 0.3 is 0 Å². The van der Waals surface area contributed by atoms with Crippen molar-refractivity contribution in [1.29, 1.82) is 0 Å². The fraction of sp³-hybridized carbons (Fsp3) is 0.143. The minimum Gasteiger partial charge on any atom is -0.323 e. The second-order valence-corrected chi connectivity index (χ2v) is 5.14. The van der Waals surface area contributed by atoms with Crippen LogP contribution in [0.25, 0.3) is 0 Å². The van der Waals surface area contributed by atoms with Gasteiger partial charge in [0.2, 0.25) is 0 Å². The monoisotopic (exact) mass is 329 g/mol. The van der Waals surface area contributed by atoms with Crippen LogP contribution in [0, 0.1) is 17.5 Å². The molecule has 2 rings (SSSR count). The summed E-state index contributed by atoms with van der Waals surface area (Å²) in [5.74, 6) is -1.81. The molecule has 0 saturated heterocycles. The maximum atomic E-state index is 13.6. The molecule has 2 aromatic rings. The van der Waals surface area contributed by atoms with Crippen LogP contribution >= 0.6 is 15.9 Å². The third-order valence-corrected chi connectivity index (χ3v) is 3.21. The molecular formula is C14H11BrF3N. The topological polar surface area (TPSA) is 26.0 Å². The first-order valence-electron chi connectivity index (χ1n) is 5.62. The Balaban J connectivity index is 2.28. The van der Waals surface area contributed by atoms with Crippen LogP contribution in [0.15, 0.2) is 40.9 Å². The highest BCUT2D eigenvalue weighted by molar-refractivity contribution is 9.10. The molecule has 0 aliphatic carbocycles. The van der Waals surface area contributed by atoms with Crippen molar-refractivity contribution in [2.45, 2.75) is 12.5 Å². The maximum Gasteiger partial charge on any atom is 0.130 e. The molecule has 100 valence electrons. The van der Waals surface area contributed by atoms with Crippen molar-refractivity contribution >= 4 is 15.9 Å². The van der Waals surface area contributed by atoms with Gasteiger partial charge in [0.15, 0.2) is 0 Å². The van der Waals surface area contributed by atoms with Crippen LogP contribution in [0.4, 0.5) is 13.2 Å². The van der Waals surface area contributed by atoms with Crippen LogP contribution in [-0.2, 0) is 6.42 Å². The van der Waals surface area contributed by atoms with Crippen molar-refractivity contribution < 1.29 is 13.2 Å². The molecule has 0 aliphatic rings. The van der Waals surface area contributed by atoms with Crippen LogP contribution in [0.5, 0.6) is 0 Å². The Hall–Kier alpha value is -1.33. The number of nitrogens with two attached hydrogens (primary N) is 1. The second-order valence-electron chi connectivity index (χ2n) is 4.22. The van der Waals surface area contributed by atoms with Crippen molar-refractivity contribution in [2.24, 2.45) is 5.73 Å². The van der Waals surface area contributed by atoms with Gasteiger partial charge in [-0.15, -0.1) is 0 Å². The van der Waals surface area contributed by atoms with Crippen LogP contribution in [0.3, 0.4) is 0 Å². The second kappa shape index (κ2) is 5.75. The van der Waals surface area contributed by atoms with Crippen LogP contribution < -0.4 is 5.73 Å². The molecule has 0 radical (unpaired) electrons. The third kappa shape index (κ3) is 3.36. The van der Waals surface area contributed by atoms with E-state index in [2.05, 4.69) is 15.9 Å². The summed E-state index contributed by atoms with van der Waals surface area (Å²) in [6, 6.07) is 6.98. The van der Waals surface area contributed by atoms with E-state index in [9.17, 15) is 13.2 Å². The van der Waals surface area contributed by atoms with Gasteiger partial charge in [-0.05, 0) is 42.3 Å². The number of hydrogen-bond donors (Lipinski definition) is 1. The van der Waals surface area contributed by atoms with Gasteiger partial charge in [-0.1, -0.05) is 22.0 Å². The minimum atomic E-state index is -0.866. The van der Waals surface area contributed by atoms with E-state index in [1.54, 1.807) is 6.07 Å². The Labute approximate surface area is 117 Å². The lowest BCUT2D eigenvalue weighted by Crippen LogP contribution is -2.17. The molecule has 2 aromatic carbocycles. The van der Waals surface area contributed by atoms with E-state index >= 15 is 0 Å². The molecule has 1 unspecified atom stereocenters. The molecule has 0 aliphatic heterocycles. The fourth-order valence-electron chi connectivity index (χ4n) is 1.95. The molecule has 0 fully saturated rings. The zero-order chi connectivity index (χ0) is 14.0. The average Bonchev–Trinajstić information content (AvgIpc) is 2.26. The van der Waals surface area contributed by atoms with Crippen molar-refractivity contribution in [1.82, 2.24) is 0 Å². The average molecular weight is 330 g/mol. The zero-order valence-electron chi connectivity index (χ0n) is 9.84. The summed E-state index contributed by atoms with van der Waals surface area (Å²) in [4.78, 5) is 0. The van der Waals surface area contributed by atoms with E-state index < -0.39 is 23.5 Å². The summed E-state index contributed by atoms with van der Waals surface area (Å²) in [6.07, 6.45) is 0.147. The highest BCUT2D eigenvalue weighted by Crippen LogP contribution is 2.24. The van der Waals surface area contributed by atoms with Gasteiger partial charge in [-0.2, -0.15) is 0 Å². The van der Waals surface area contributed by atoms with Crippen LogP contribution in [-0.4, -0.2) is 0 Å². The molecule has 0 saturated carbocycles. The SMILES string of the molecule is NC(Cc1cc(F)cc(Br)c1)c1c(F)cccc1F.